The number of nitrogens with two attached hydrogens (primary N) is 1. The summed E-state index contributed by atoms with van der Waals surface area (Å²) in [7, 11) is 1.84. The maximum Gasteiger partial charge on any atom is 0.254 e. The second-order valence-electron chi connectivity index (χ2n) is 6.19. The molecule has 2 N–H and O–H groups in total. The first-order valence-corrected chi connectivity index (χ1v) is 7.86. The standard InChI is InChI=1S/C16H26N2OS/c1-12(2)20-14-9-7-6-8-13(14)15(19)18(5)11-16(3,4)10-17/h6-9,12H,10-11,17H2,1-5H3. The molecule has 0 aliphatic heterocycles. The Bertz CT molecular complexity index is 458. The monoisotopic (exact) mass is 294 g/mol. The SMILES string of the molecule is CC(C)Sc1ccccc1C(=O)N(C)CC(C)(C)CN. The van der Waals surface area contributed by atoms with Gasteiger partial charge < -0.3 is 10.6 Å². The Morgan fingerprint density at radius 1 is 1.35 bits per heavy atom. The number of thioether (sulfide) groups is 1. The van der Waals surface area contributed by atoms with Gasteiger partial charge in [-0.3, -0.25) is 4.79 Å². The summed E-state index contributed by atoms with van der Waals surface area (Å²) in [6, 6.07) is 7.81. The highest BCUT2D eigenvalue weighted by Crippen LogP contribution is 2.27. The second kappa shape index (κ2) is 7.14. The maximum absolute atomic E-state index is 12.6. The summed E-state index contributed by atoms with van der Waals surface area (Å²) in [5.74, 6) is 0.0651. The quantitative estimate of drug-likeness (QED) is 0.819. The molecule has 0 spiro atoms. The third-order valence-electron chi connectivity index (χ3n) is 3.04. The van der Waals surface area contributed by atoms with Crippen molar-refractivity contribution in [1.29, 1.82) is 0 Å². The van der Waals surface area contributed by atoms with Gasteiger partial charge in [0.2, 0.25) is 0 Å². The highest BCUT2D eigenvalue weighted by atomic mass is 32.2. The zero-order valence-corrected chi connectivity index (χ0v) is 14.0. The Kier molecular flexibility index (Phi) is 6.08. The van der Waals surface area contributed by atoms with E-state index in [0.29, 0.717) is 18.3 Å². The fourth-order valence-corrected chi connectivity index (χ4v) is 2.93. The van der Waals surface area contributed by atoms with Gasteiger partial charge in [0.05, 0.1) is 5.56 Å². The van der Waals surface area contributed by atoms with Gasteiger partial charge in [0.25, 0.3) is 5.91 Å². The maximum atomic E-state index is 12.6. The lowest BCUT2D eigenvalue weighted by molar-refractivity contribution is 0.0737. The van der Waals surface area contributed by atoms with Gasteiger partial charge in [0.15, 0.2) is 0 Å². The van der Waals surface area contributed by atoms with Crippen LogP contribution >= 0.6 is 11.8 Å². The second-order valence-corrected chi connectivity index (χ2v) is 7.81. The van der Waals surface area contributed by atoms with E-state index in [9.17, 15) is 4.79 Å². The Labute approximate surface area is 126 Å². The van der Waals surface area contributed by atoms with Crippen molar-refractivity contribution in [2.75, 3.05) is 20.1 Å². The van der Waals surface area contributed by atoms with Crippen molar-refractivity contribution in [2.45, 2.75) is 37.8 Å². The average molecular weight is 294 g/mol. The number of rotatable bonds is 6. The van der Waals surface area contributed by atoms with E-state index in [1.807, 2.05) is 31.3 Å². The molecular formula is C16H26N2OS. The van der Waals surface area contributed by atoms with E-state index in [1.165, 1.54) is 0 Å². The molecule has 3 nitrogen and oxygen atoms in total. The van der Waals surface area contributed by atoms with Gasteiger partial charge in [0.1, 0.15) is 0 Å². The van der Waals surface area contributed by atoms with E-state index in [-0.39, 0.29) is 11.3 Å². The summed E-state index contributed by atoms with van der Waals surface area (Å²) in [6.45, 7) is 9.63. The number of hydrogen-bond acceptors (Lipinski definition) is 3. The van der Waals surface area contributed by atoms with E-state index in [2.05, 4.69) is 27.7 Å². The zero-order valence-electron chi connectivity index (χ0n) is 13.1. The Morgan fingerprint density at radius 3 is 2.50 bits per heavy atom. The molecule has 112 valence electrons. The van der Waals surface area contributed by atoms with Crippen molar-refractivity contribution in [3.63, 3.8) is 0 Å². The molecule has 0 aliphatic rings. The molecule has 0 unspecified atom stereocenters. The normalized spacial score (nSPS) is 11.8. The number of hydrogen-bond donors (Lipinski definition) is 1. The molecule has 1 amide bonds. The lowest BCUT2D eigenvalue weighted by atomic mass is 9.93. The van der Waals surface area contributed by atoms with Crippen molar-refractivity contribution in [1.82, 2.24) is 4.90 Å². The molecule has 0 aromatic heterocycles. The summed E-state index contributed by atoms with van der Waals surface area (Å²) in [5, 5.41) is 0.453. The van der Waals surface area contributed by atoms with Crippen LogP contribution in [0.25, 0.3) is 0 Å². The summed E-state index contributed by atoms with van der Waals surface area (Å²) >= 11 is 1.72. The molecule has 0 atom stereocenters. The van der Waals surface area contributed by atoms with Crippen LogP contribution in [0.3, 0.4) is 0 Å². The molecule has 0 bridgehead atoms. The Balaban J connectivity index is 2.91. The number of nitrogens with zero attached hydrogens (tertiary/aromatic N) is 1. The zero-order chi connectivity index (χ0) is 15.3. The molecular weight excluding hydrogens is 268 g/mol. The minimum Gasteiger partial charge on any atom is -0.341 e. The topological polar surface area (TPSA) is 46.3 Å². The van der Waals surface area contributed by atoms with Crippen molar-refractivity contribution >= 4 is 17.7 Å². The largest absolute Gasteiger partial charge is 0.341 e. The molecule has 1 rings (SSSR count). The molecule has 4 heteroatoms. The van der Waals surface area contributed by atoms with Gasteiger partial charge >= 0.3 is 0 Å². The Hall–Kier alpha value is -1.00. The van der Waals surface area contributed by atoms with Crippen molar-refractivity contribution in [2.24, 2.45) is 11.1 Å². The molecule has 0 radical (unpaired) electrons. The van der Waals surface area contributed by atoms with Crippen molar-refractivity contribution in [3.8, 4) is 0 Å². The molecule has 0 aliphatic carbocycles. The summed E-state index contributed by atoms with van der Waals surface area (Å²) < 4.78 is 0. The van der Waals surface area contributed by atoms with E-state index in [1.54, 1.807) is 16.7 Å². The minimum atomic E-state index is -0.0649. The highest BCUT2D eigenvalue weighted by molar-refractivity contribution is 8.00. The third kappa shape index (κ3) is 4.84. The van der Waals surface area contributed by atoms with Gasteiger partial charge in [-0.15, -0.1) is 11.8 Å². The van der Waals surface area contributed by atoms with Gasteiger partial charge in [-0.2, -0.15) is 0 Å². The molecule has 20 heavy (non-hydrogen) atoms. The van der Waals surface area contributed by atoms with Crippen molar-refractivity contribution < 1.29 is 4.79 Å². The molecule has 1 aromatic rings. The predicted octanol–water partition coefficient (Wildman–Crippen LogP) is 3.24. The van der Waals surface area contributed by atoms with Crippen molar-refractivity contribution in [3.05, 3.63) is 29.8 Å². The lowest BCUT2D eigenvalue weighted by Crippen LogP contribution is -2.39. The summed E-state index contributed by atoms with van der Waals surface area (Å²) in [5.41, 5.74) is 6.46. The van der Waals surface area contributed by atoms with Gasteiger partial charge in [-0.1, -0.05) is 39.8 Å². The summed E-state index contributed by atoms with van der Waals surface area (Å²) in [6.07, 6.45) is 0. The van der Waals surface area contributed by atoms with Gasteiger partial charge in [-0.25, -0.2) is 0 Å². The van der Waals surface area contributed by atoms with E-state index in [4.69, 9.17) is 5.73 Å². The van der Waals surface area contributed by atoms with Crippen LogP contribution in [0.2, 0.25) is 0 Å². The van der Waals surface area contributed by atoms with Crippen LogP contribution in [0.5, 0.6) is 0 Å². The number of carbonyl (C=O) groups is 1. The van der Waals surface area contributed by atoms with E-state index >= 15 is 0 Å². The van der Waals surface area contributed by atoms with Crippen LogP contribution in [0, 0.1) is 5.41 Å². The van der Waals surface area contributed by atoms with Crippen LogP contribution in [-0.2, 0) is 0 Å². The Morgan fingerprint density at radius 2 is 1.95 bits per heavy atom. The fraction of sp³-hybridized carbons (Fsp3) is 0.562. The molecule has 0 saturated heterocycles. The molecule has 1 aromatic carbocycles. The lowest BCUT2D eigenvalue weighted by Gasteiger charge is -2.29. The van der Waals surface area contributed by atoms with Gasteiger partial charge in [-0.05, 0) is 24.1 Å². The van der Waals surface area contributed by atoms with E-state index < -0.39 is 0 Å². The van der Waals surface area contributed by atoms with Crippen LogP contribution in [-0.4, -0.2) is 36.2 Å². The van der Waals surface area contributed by atoms with E-state index in [0.717, 1.165) is 10.5 Å². The average Bonchev–Trinajstić information content (AvgIpc) is 2.37. The fourth-order valence-electron chi connectivity index (χ4n) is 1.98. The third-order valence-corrected chi connectivity index (χ3v) is 4.13. The van der Waals surface area contributed by atoms with Crippen LogP contribution in [0.15, 0.2) is 29.2 Å². The first kappa shape index (κ1) is 17.1. The molecule has 0 heterocycles. The number of benzene rings is 1. The van der Waals surface area contributed by atoms with Gasteiger partial charge in [0, 0.05) is 23.7 Å². The van der Waals surface area contributed by atoms with Crippen LogP contribution in [0.4, 0.5) is 0 Å². The van der Waals surface area contributed by atoms with Crippen LogP contribution in [0.1, 0.15) is 38.1 Å². The number of carbonyl (C=O) groups excluding carboxylic acids is 1. The molecule has 0 fully saturated rings. The summed E-state index contributed by atoms with van der Waals surface area (Å²) in [4.78, 5) is 15.4. The predicted molar refractivity (Wildman–Crippen MR) is 87.2 cm³/mol. The smallest absolute Gasteiger partial charge is 0.254 e. The van der Waals surface area contributed by atoms with Crippen LogP contribution < -0.4 is 5.73 Å². The first-order valence-electron chi connectivity index (χ1n) is 6.98. The highest BCUT2D eigenvalue weighted by Gasteiger charge is 2.23. The molecule has 0 saturated carbocycles. The number of amides is 1. The first-order chi connectivity index (χ1) is 9.26. The minimum absolute atomic E-state index is 0.0649.